The summed E-state index contributed by atoms with van der Waals surface area (Å²) in [5, 5.41) is 2.91. The lowest BCUT2D eigenvalue weighted by molar-refractivity contribution is 0.0595. The van der Waals surface area contributed by atoms with Crippen LogP contribution in [0.4, 0.5) is 8.78 Å². The van der Waals surface area contributed by atoms with E-state index >= 15 is 0 Å². The number of carbonyl (C=O) groups excluding carboxylic acids is 2. The maximum absolute atomic E-state index is 14.1. The van der Waals surface area contributed by atoms with Gasteiger partial charge in [-0.05, 0) is 48.0 Å². The zero-order valence-corrected chi connectivity index (χ0v) is 19.6. The quantitative estimate of drug-likeness (QED) is 0.272. The molecule has 0 fully saturated rings. The largest absolute Gasteiger partial charge is 0.465 e. The van der Waals surface area contributed by atoms with Crippen molar-refractivity contribution < 1.29 is 27.5 Å². The van der Waals surface area contributed by atoms with Gasteiger partial charge in [0.15, 0.2) is 0 Å². The van der Waals surface area contributed by atoms with Crippen LogP contribution in [0.15, 0.2) is 52.9 Å². The van der Waals surface area contributed by atoms with Crippen molar-refractivity contribution in [3.05, 3.63) is 76.4 Å². The second kappa shape index (κ2) is 10.4. The molecule has 0 aliphatic heterocycles. The Balaban J connectivity index is 0.00000158. The molecule has 9 heteroatoms. The molecule has 0 atom stereocenters. The average molecular weight is 487 g/mol. The maximum atomic E-state index is 14.1. The van der Waals surface area contributed by atoms with Crippen molar-refractivity contribution in [3.63, 3.8) is 0 Å². The smallest absolute Gasteiger partial charge is 0.340 e. The molecular weight excluding hydrogens is 466 g/mol. The summed E-state index contributed by atoms with van der Waals surface area (Å²) in [6.45, 7) is 4.00. The van der Waals surface area contributed by atoms with Crippen LogP contribution in [0.25, 0.3) is 33.6 Å². The number of rotatable bonds is 4. The molecule has 4 rings (SSSR count). The van der Waals surface area contributed by atoms with Gasteiger partial charge >= 0.3 is 5.97 Å². The van der Waals surface area contributed by atoms with Gasteiger partial charge in [-0.15, -0.1) is 0 Å². The van der Waals surface area contributed by atoms with Crippen LogP contribution < -0.4 is 5.32 Å². The molecule has 2 aromatic carbocycles. The summed E-state index contributed by atoms with van der Waals surface area (Å²) >= 11 is 6.35. The van der Waals surface area contributed by atoms with E-state index in [0.29, 0.717) is 22.1 Å². The van der Waals surface area contributed by atoms with Crippen LogP contribution in [0, 0.1) is 11.6 Å². The molecule has 176 valence electrons. The number of benzene rings is 2. The summed E-state index contributed by atoms with van der Waals surface area (Å²) in [5.74, 6) is -2.30. The fraction of sp³-hybridized carbons (Fsp3) is 0.160. The molecule has 0 aliphatic carbocycles. The van der Waals surface area contributed by atoms with E-state index in [1.54, 1.807) is 6.07 Å². The Morgan fingerprint density at radius 3 is 2.29 bits per heavy atom. The van der Waals surface area contributed by atoms with Gasteiger partial charge in [-0.25, -0.2) is 18.6 Å². The molecule has 0 saturated heterocycles. The Morgan fingerprint density at radius 2 is 1.68 bits per heavy atom. The highest BCUT2D eigenvalue weighted by molar-refractivity contribution is 6.32. The first kappa shape index (κ1) is 24.9. The van der Waals surface area contributed by atoms with Crippen LogP contribution in [-0.2, 0) is 4.74 Å². The Bertz CT molecular complexity index is 1370. The highest BCUT2D eigenvalue weighted by Crippen LogP contribution is 2.38. The number of fused-ring (bicyclic) bond motifs is 1. The molecule has 34 heavy (non-hydrogen) atoms. The Labute approximate surface area is 199 Å². The van der Waals surface area contributed by atoms with Crippen LogP contribution in [0.2, 0.25) is 5.15 Å². The molecule has 1 N–H and O–H groups in total. The first-order valence-electron chi connectivity index (χ1n) is 10.3. The van der Waals surface area contributed by atoms with E-state index < -0.39 is 23.5 Å². The number of pyridine rings is 1. The van der Waals surface area contributed by atoms with E-state index in [0.717, 1.165) is 13.2 Å². The Hall–Kier alpha value is -3.78. The number of nitrogens with one attached hydrogen (secondary N) is 1. The summed E-state index contributed by atoms with van der Waals surface area (Å²) in [5.41, 5.74) is 1.20. The second-order valence-electron chi connectivity index (χ2n) is 6.76. The summed E-state index contributed by atoms with van der Waals surface area (Å²) < 4.78 is 37.9. The molecule has 6 nitrogen and oxygen atoms in total. The molecule has 1 amide bonds. The fourth-order valence-corrected chi connectivity index (χ4v) is 3.56. The van der Waals surface area contributed by atoms with Gasteiger partial charge in [0.1, 0.15) is 22.5 Å². The van der Waals surface area contributed by atoms with Crippen LogP contribution in [0.5, 0.6) is 0 Å². The number of furan rings is 1. The van der Waals surface area contributed by atoms with Crippen LogP contribution in [0.3, 0.4) is 0 Å². The van der Waals surface area contributed by atoms with Crippen molar-refractivity contribution in [1.29, 1.82) is 0 Å². The molecule has 0 spiro atoms. The lowest BCUT2D eigenvalue weighted by Crippen LogP contribution is -2.18. The first-order chi connectivity index (χ1) is 16.3. The predicted octanol–water partition coefficient (Wildman–Crippen LogP) is 6.27. The molecule has 0 unspecified atom stereocenters. The van der Waals surface area contributed by atoms with Crippen LogP contribution in [0.1, 0.15) is 34.6 Å². The van der Waals surface area contributed by atoms with Crippen molar-refractivity contribution >= 4 is 34.6 Å². The zero-order valence-electron chi connectivity index (χ0n) is 18.8. The third-order valence-electron chi connectivity index (χ3n) is 4.88. The number of nitrogens with zero attached hydrogens (tertiary/aromatic N) is 1. The predicted molar refractivity (Wildman–Crippen MR) is 126 cm³/mol. The van der Waals surface area contributed by atoms with Gasteiger partial charge < -0.3 is 14.5 Å². The number of hydrogen-bond donors (Lipinski definition) is 1. The molecule has 2 heterocycles. The lowest BCUT2D eigenvalue weighted by Gasteiger charge is -2.08. The van der Waals surface area contributed by atoms with Crippen molar-refractivity contribution in [2.75, 3.05) is 14.2 Å². The summed E-state index contributed by atoms with van der Waals surface area (Å²) in [6.07, 6.45) is 0. The number of ether oxygens (including phenoxy) is 1. The fourth-order valence-electron chi connectivity index (χ4n) is 3.32. The maximum Gasteiger partial charge on any atom is 0.340 e. The molecule has 0 aliphatic rings. The van der Waals surface area contributed by atoms with Crippen molar-refractivity contribution in [2.24, 2.45) is 0 Å². The highest BCUT2D eigenvalue weighted by atomic mass is 35.5. The van der Waals surface area contributed by atoms with Gasteiger partial charge in [0.2, 0.25) is 5.71 Å². The number of halogens is 3. The number of methoxy groups -OCH3 is 1. The summed E-state index contributed by atoms with van der Waals surface area (Å²) in [6, 6.07) is 10.8. The minimum absolute atomic E-state index is 0.0165. The third kappa shape index (κ3) is 4.63. The minimum atomic E-state index is -0.845. The van der Waals surface area contributed by atoms with Crippen molar-refractivity contribution in [3.8, 4) is 22.5 Å². The molecular formula is C25H21ClF2N2O4. The summed E-state index contributed by atoms with van der Waals surface area (Å²) in [7, 11) is 2.61. The lowest BCUT2D eigenvalue weighted by atomic mass is 10.0. The number of carbonyl (C=O) groups is 2. The average Bonchev–Trinajstić information content (AvgIpc) is 3.22. The monoisotopic (exact) mass is 486 g/mol. The van der Waals surface area contributed by atoms with E-state index in [4.69, 9.17) is 16.0 Å². The Kier molecular flexibility index (Phi) is 7.63. The van der Waals surface area contributed by atoms with Gasteiger partial charge in [-0.3, -0.25) is 4.79 Å². The first-order valence-corrected chi connectivity index (χ1v) is 10.7. The van der Waals surface area contributed by atoms with E-state index in [2.05, 4.69) is 15.0 Å². The molecule has 2 aromatic heterocycles. The number of amides is 1. The second-order valence-corrected chi connectivity index (χ2v) is 7.12. The van der Waals surface area contributed by atoms with Crippen LogP contribution >= 0.6 is 11.6 Å². The normalized spacial score (nSPS) is 10.4. The molecule has 4 aromatic rings. The van der Waals surface area contributed by atoms with Gasteiger partial charge in [-0.1, -0.05) is 31.5 Å². The number of esters is 1. The van der Waals surface area contributed by atoms with E-state index in [-0.39, 0.29) is 27.8 Å². The molecule has 0 bridgehead atoms. The third-order valence-corrected chi connectivity index (χ3v) is 5.17. The zero-order chi connectivity index (χ0) is 25.0. The van der Waals surface area contributed by atoms with Gasteiger partial charge in [0.05, 0.1) is 23.6 Å². The SMILES string of the molecule is CC.CNC(=O)c1c(-c2ccc(F)cc2)oc2nc(Cl)c(-c3ccc(F)c(C(=O)OC)c3)cc12. The van der Waals surface area contributed by atoms with E-state index in [1.165, 1.54) is 43.4 Å². The van der Waals surface area contributed by atoms with E-state index in [1.807, 2.05) is 13.8 Å². The summed E-state index contributed by atoms with van der Waals surface area (Å²) in [4.78, 5) is 28.8. The number of aromatic nitrogens is 1. The Morgan fingerprint density at radius 1 is 1.03 bits per heavy atom. The van der Waals surface area contributed by atoms with Gasteiger partial charge in [0.25, 0.3) is 5.91 Å². The van der Waals surface area contributed by atoms with Crippen LogP contribution in [-0.4, -0.2) is 31.0 Å². The molecule has 0 radical (unpaired) electrons. The van der Waals surface area contributed by atoms with E-state index in [9.17, 15) is 18.4 Å². The topological polar surface area (TPSA) is 81.4 Å². The van der Waals surface area contributed by atoms with Gasteiger partial charge in [0, 0.05) is 18.2 Å². The van der Waals surface area contributed by atoms with Crippen molar-refractivity contribution in [1.82, 2.24) is 10.3 Å². The standard InChI is InChI=1S/C23H15ClF2N2O4.C2H6/c1-27-21(29)18-16-10-14(12-5-8-17(26)15(9-12)23(30)31-2)20(24)28-22(16)32-19(18)11-3-6-13(25)7-4-11;1-2/h3-10H,1-2H3,(H,27,29);1-2H3. The van der Waals surface area contributed by atoms with Crippen molar-refractivity contribution in [2.45, 2.75) is 13.8 Å². The number of hydrogen-bond acceptors (Lipinski definition) is 5. The minimum Gasteiger partial charge on any atom is -0.465 e. The van der Waals surface area contributed by atoms with Gasteiger partial charge in [-0.2, -0.15) is 0 Å². The molecule has 0 saturated carbocycles. The highest BCUT2D eigenvalue weighted by Gasteiger charge is 2.24.